The van der Waals surface area contributed by atoms with Crippen LogP contribution in [0.1, 0.15) is 55.4 Å². The van der Waals surface area contributed by atoms with Gasteiger partial charge in [0.1, 0.15) is 0 Å². The number of hydrogen-bond donors (Lipinski definition) is 3. The lowest BCUT2D eigenvalue weighted by atomic mass is 10.0. The highest BCUT2D eigenvalue weighted by Gasteiger charge is 2.29. The van der Waals surface area contributed by atoms with Crippen molar-refractivity contribution < 1.29 is 13.6 Å². The van der Waals surface area contributed by atoms with E-state index in [4.69, 9.17) is 5.73 Å². The van der Waals surface area contributed by atoms with Gasteiger partial charge in [0.15, 0.2) is 17.3 Å². The molecule has 1 aromatic carbocycles. The molecule has 0 spiro atoms. The van der Waals surface area contributed by atoms with Gasteiger partial charge in [0.25, 0.3) is 0 Å². The van der Waals surface area contributed by atoms with Crippen molar-refractivity contribution in [1.29, 1.82) is 0 Å². The molecule has 1 unspecified atom stereocenters. The number of aromatic amines is 1. The molecule has 2 aliphatic rings. The Morgan fingerprint density at radius 2 is 1.77 bits per heavy atom. The molecule has 39 heavy (non-hydrogen) atoms. The summed E-state index contributed by atoms with van der Waals surface area (Å²) in [6, 6.07) is 10.7. The van der Waals surface area contributed by atoms with Gasteiger partial charge in [-0.05, 0) is 68.0 Å². The molecule has 4 heterocycles. The van der Waals surface area contributed by atoms with E-state index in [0.717, 1.165) is 67.4 Å². The first kappa shape index (κ1) is 26.3. The minimum absolute atomic E-state index is 0.0535. The van der Waals surface area contributed by atoms with Crippen molar-refractivity contribution >= 4 is 22.9 Å². The molecule has 6 rings (SSSR count). The standard InChI is InChI=1S/C22H27N7O2.C6H4F2/c23-15-12-14-4-1-2-5-17(19(14)25-13-15)26-21(30)28-10-7-16(8-11-28)29-18-6-3-9-24-20(18)27-22(29)31;7-5-3-1-2-4-6(5)8/h3,6,9,12-13,16-17H,1-2,4-5,7-8,10-11,23H2,(H,26,30)(H,24,27,31);1-4H. The molecule has 9 nitrogen and oxygen atoms in total. The molecule has 1 saturated heterocycles. The molecule has 0 saturated carbocycles. The highest BCUT2D eigenvalue weighted by atomic mass is 19.2. The number of nitrogens with one attached hydrogen (secondary N) is 2. The Morgan fingerprint density at radius 3 is 2.49 bits per heavy atom. The van der Waals surface area contributed by atoms with Crippen LogP contribution in [0, 0.1) is 11.6 Å². The van der Waals surface area contributed by atoms with Gasteiger partial charge in [-0.2, -0.15) is 0 Å². The van der Waals surface area contributed by atoms with Gasteiger partial charge in [0.05, 0.1) is 29.1 Å². The summed E-state index contributed by atoms with van der Waals surface area (Å²) in [7, 11) is 0. The van der Waals surface area contributed by atoms with Gasteiger partial charge in [-0.25, -0.2) is 23.4 Å². The number of benzene rings is 1. The van der Waals surface area contributed by atoms with Crippen LogP contribution in [0.15, 0.2) is 59.7 Å². The minimum atomic E-state index is -0.799. The maximum atomic E-state index is 13.0. The molecule has 3 aromatic heterocycles. The fourth-order valence-corrected chi connectivity index (χ4v) is 5.32. The Hall–Kier alpha value is -4.28. The highest BCUT2D eigenvalue weighted by molar-refractivity contribution is 5.75. The Balaban J connectivity index is 0.000000332. The van der Waals surface area contributed by atoms with Crippen LogP contribution in [0.3, 0.4) is 0 Å². The SMILES string of the molecule is Fc1ccccc1F.Nc1cnc2c(c1)CCCCC2NC(=O)N1CCC(n2c(=O)[nH]c3ncccc32)CC1. The molecule has 4 aromatic rings. The number of nitrogens with zero attached hydrogens (tertiary/aromatic N) is 4. The van der Waals surface area contributed by atoms with Crippen molar-refractivity contribution in [3.63, 3.8) is 0 Å². The van der Waals surface area contributed by atoms with E-state index in [0.29, 0.717) is 24.4 Å². The number of urea groups is 1. The van der Waals surface area contributed by atoms with Gasteiger partial charge in [-0.3, -0.25) is 14.5 Å². The fourth-order valence-electron chi connectivity index (χ4n) is 5.32. The Labute approximate surface area is 224 Å². The number of halogens is 2. The molecular weight excluding hydrogens is 504 g/mol. The summed E-state index contributed by atoms with van der Waals surface area (Å²) >= 11 is 0. The number of aromatic nitrogens is 4. The number of piperidine rings is 1. The quantitative estimate of drug-likeness (QED) is 0.327. The lowest BCUT2D eigenvalue weighted by Gasteiger charge is -2.33. The number of nitrogens with two attached hydrogens (primary N) is 1. The van der Waals surface area contributed by atoms with Gasteiger partial charge in [0.2, 0.25) is 0 Å². The van der Waals surface area contributed by atoms with Crippen LogP contribution in [0.5, 0.6) is 0 Å². The molecule has 1 atom stereocenters. The van der Waals surface area contributed by atoms with Crippen LogP contribution in [-0.4, -0.2) is 43.5 Å². The number of aryl methyl sites for hydroxylation is 1. The highest BCUT2D eigenvalue weighted by Crippen LogP contribution is 2.29. The number of amides is 2. The summed E-state index contributed by atoms with van der Waals surface area (Å²) in [5.41, 5.74) is 9.92. The number of rotatable bonds is 2. The van der Waals surface area contributed by atoms with Gasteiger partial charge < -0.3 is 16.0 Å². The Kier molecular flexibility index (Phi) is 7.85. The lowest BCUT2D eigenvalue weighted by molar-refractivity contribution is 0.167. The first-order chi connectivity index (χ1) is 18.9. The molecular formula is C28H31F2N7O2. The van der Waals surface area contributed by atoms with Gasteiger partial charge in [-0.1, -0.05) is 18.6 Å². The largest absolute Gasteiger partial charge is 0.397 e. The number of carbonyl (C=O) groups excluding carboxylic acids is 1. The number of carbonyl (C=O) groups is 1. The maximum absolute atomic E-state index is 13.0. The van der Waals surface area contributed by atoms with Crippen molar-refractivity contribution in [2.24, 2.45) is 0 Å². The normalized spacial score (nSPS) is 17.6. The number of hydrogen-bond acceptors (Lipinski definition) is 5. The van der Waals surface area contributed by atoms with E-state index >= 15 is 0 Å². The van der Waals surface area contributed by atoms with E-state index in [-0.39, 0.29) is 23.8 Å². The summed E-state index contributed by atoms with van der Waals surface area (Å²) in [5, 5.41) is 3.19. The zero-order chi connectivity index (χ0) is 27.4. The second-order valence-electron chi connectivity index (χ2n) is 9.86. The number of fused-ring (bicyclic) bond motifs is 2. The molecule has 2 amide bonds. The van der Waals surface area contributed by atoms with Crippen LogP contribution in [0.4, 0.5) is 19.3 Å². The Bertz CT molecular complexity index is 1490. The van der Waals surface area contributed by atoms with Crippen LogP contribution < -0.4 is 16.7 Å². The molecule has 204 valence electrons. The number of pyridine rings is 2. The summed E-state index contributed by atoms with van der Waals surface area (Å²) in [6.45, 7) is 1.20. The summed E-state index contributed by atoms with van der Waals surface area (Å²) in [4.78, 5) is 38.9. The third-order valence-electron chi connectivity index (χ3n) is 7.27. The van der Waals surface area contributed by atoms with Crippen molar-refractivity contribution in [3.8, 4) is 0 Å². The smallest absolute Gasteiger partial charge is 0.327 e. The van der Waals surface area contributed by atoms with Gasteiger partial charge >= 0.3 is 11.7 Å². The number of nitrogen functional groups attached to an aromatic ring is 1. The average Bonchev–Trinajstić information content (AvgIpc) is 3.15. The van der Waals surface area contributed by atoms with Crippen LogP contribution in [-0.2, 0) is 6.42 Å². The first-order valence-electron chi connectivity index (χ1n) is 13.2. The van der Waals surface area contributed by atoms with Crippen molar-refractivity contribution in [2.45, 2.75) is 50.6 Å². The van der Waals surface area contributed by atoms with Crippen molar-refractivity contribution in [1.82, 2.24) is 29.7 Å². The van der Waals surface area contributed by atoms with Crippen LogP contribution in [0.2, 0.25) is 0 Å². The lowest BCUT2D eigenvalue weighted by Crippen LogP contribution is -2.46. The molecule has 4 N–H and O–H groups in total. The Morgan fingerprint density at radius 1 is 1.03 bits per heavy atom. The van der Waals surface area contributed by atoms with E-state index in [2.05, 4.69) is 20.3 Å². The molecule has 1 fully saturated rings. The topological polar surface area (TPSA) is 122 Å². The maximum Gasteiger partial charge on any atom is 0.327 e. The molecule has 0 radical (unpaired) electrons. The number of imidazole rings is 1. The predicted molar refractivity (Wildman–Crippen MR) is 144 cm³/mol. The minimum Gasteiger partial charge on any atom is -0.397 e. The van der Waals surface area contributed by atoms with Crippen molar-refractivity contribution in [3.05, 3.63) is 88.2 Å². The number of likely N-dealkylation sites (tertiary alicyclic amines) is 1. The summed E-state index contributed by atoms with van der Waals surface area (Å²) in [6.07, 6.45) is 8.73. The second-order valence-corrected chi connectivity index (χ2v) is 9.86. The number of anilines is 1. The monoisotopic (exact) mass is 535 g/mol. The summed E-state index contributed by atoms with van der Waals surface area (Å²) in [5.74, 6) is -1.60. The third-order valence-corrected chi connectivity index (χ3v) is 7.27. The zero-order valence-electron chi connectivity index (χ0n) is 21.4. The van der Waals surface area contributed by atoms with Gasteiger partial charge in [-0.15, -0.1) is 0 Å². The molecule has 0 bridgehead atoms. The average molecular weight is 536 g/mol. The van der Waals surface area contributed by atoms with E-state index in [9.17, 15) is 18.4 Å². The van der Waals surface area contributed by atoms with Crippen molar-refractivity contribution in [2.75, 3.05) is 18.8 Å². The molecule has 1 aliphatic carbocycles. The second kappa shape index (κ2) is 11.6. The first-order valence-corrected chi connectivity index (χ1v) is 13.2. The molecule has 11 heteroatoms. The van der Waals surface area contributed by atoms with E-state index < -0.39 is 11.6 Å². The van der Waals surface area contributed by atoms with Crippen LogP contribution >= 0.6 is 0 Å². The van der Waals surface area contributed by atoms with E-state index in [1.807, 2.05) is 23.1 Å². The molecule has 1 aliphatic heterocycles. The summed E-state index contributed by atoms with van der Waals surface area (Å²) < 4.78 is 25.7. The fraction of sp³-hybridized carbons (Fsp3) is 0.357. The van der Waals surface area contributed by atoms with E-state index in [1.165, 1.54) is 12.1 Å². The van der Waals surface area contributed by atoms with Gasteiger partial charge in [0, 0.05) is 25.3 Å². The van der Waals surface area contributed by atoms with E-state index in [1.54, 1.807) is 17.0 Å². The zero-order valence-corrected chi connectivity index (χ0v) is 21.4. The third kappa shape index (κ3) is 5.92. The number of H-pyrrole nitrogens is 1. The van der Waals surface area contributed by atoms with Crippen LogP contribution in [0.25, 0.3) is 11.2 Å². The predicted octanol–water partition coefficient (Wildman–Crippen LogP) is 4.48.